The fraction of sp³-hybridized carbons (Fsp3) is 0.683. The highest BCUT2D eigenvalue weighted by atomic mass is 16.6. The summed E-state index contributed by atoms with van der Waals surface area (Å²) in [5, 5.41) is 9.55. The lowest BCUT2D eigenvalue weighted by atomic mass is 10.1. The Labute approximate surface area is 278 Å². The molecule has 0 radical (unpaired) electrons. The van der Waals surface area contributed by atoms with Crippen molar-refractivity contribution in [3.05, 3.63) is 72.9 Å². The Morgan fingerprint density at radius 3 is 1.53 bits per heavy atom. The van der Waals surface area contributed by atoms with E-state index < -0.39 is 6.10 Å². The second-order valence-electron chi connectivity index (χ2n) is 11.9. The van der Waals surface area contributed by atoms with Crippen LogP contribution in [0.5, 0.6) is 0 Å². The number of hydrogen-bond acceptors (Lipinski definition) is 4. The predicted molar refractivity (Wildman–Crippen MR) is 196 cm³/mol. The molecule has 0 saturated carbocycles. The summed E-state index contributed by atoms with van der Waals surface area (Å²) in [7, 11) is 0. The minimum absolute atomic E-state index is 0.196. The molecule has 1 N–H and O–H groups in total. The van der Waals surface area contributed by atoms with Crippen LogP contribution in [-0.2, 0) is 14.3 Å². The molecule has 0 aromatic heterocycles. The quantitative estimate of drug-likeness (QED) is 0.0447. The number of ether oxygens (including phenoxy) is 2. The highest BCUT2D eigenvalue weighted by molar-refractivity contribution is 5.69. The van der Waals surface area contributed by atoms with Crippen molar-refractivity contribution in [2.24, 2.45) is 0 Å². The molecule has 4 nitrogen and oxygen atoms in total. The van der Waals surface area contributed by atoms with Gasteiger partial charge in [-0.3, -0.25) is 4.79 Å². The molecule has 0 aliphatic rings. The lowest BCUT2D eigenvalue weighted by Gasteiger charge is -2.15. The molecule has 0 aromatic rings. The van der Waals surface area contributed by atoms with E-state index in [1.165, 1.54) is 64.2 Å². The van der Waals surface area contributed by atoms with Crippen LogP contribution >= 0.6 is 0 Å². The number of aliphatic hydroxyl groups is 1. The summed E-state index contributed by atoms with van der Waals surface area (Å²) in [5.41, 5.74) is 0. The SMILES string of the molecule is CC/C=C\C/C=C\C/C=C\C/C=C\C/C=C\CCCCOCC(CO)OC(=O)CCCCCCC/C=C\CCCCCCCC. The topological polar surface area (TPSA) is 55.8 Å². The van der Waals surface area contributed by atoms with E-state index >= 15 is 0 Å². The standard InChI is InChI=1S/C41H70O4/c1-3-5-7-9-11-13-15-17-19-20-21-23-25-27-29-31-33-35-37-44-39-40(38-42)45-41(43)36-34-32-30-28-26-24-22-18-16-14-12-10-8-6-4-2/h5,7,11,13,17-19,21-23,27,29,40,42H,3-4,6,8-10,12,14-16,20,24-26,28,30-39H2,1-2H3/b7-5-,13-11-,19-17-,22-18-,23-21-,29-27-. The van der Waals surface area contributed by atoms with Gasteiger partial charge in [0.25, 0.3) is 0 Å². The first-order valence-electron chi connectivity index (χ1n) is 18.5. The van der Waals surface area contributed by atoms with Gasteiger partial charge in [0.15, 0.2) is 0 Å². The maximum absolute atomic E-state index is 12.1. The van der Waals surface area contributed by atoms with Gasteiger partial charge in [0.05, 0.1) is 13.2 Å². The van der Waals surface area contributed by atoms with Crippen molar-refractivity contribution >= 4 is 5.97 Å². The van der Waals surface area contributed by atoms with E-state index in [1.54, 1.807) is 0 Å². The van der Waals surface area contributed by atoms with Gasteiger partial charge in [-0.2, -0.15) is 0 Å². The van der Waals surface area contributed by atoms with Crippen LogP contribution in [0.25, 0.3) is 0 Å². The molecule has 1 unspecified atom stereocenters. The number of carbonyl (C=O) groups is 1. The third-order valence-corrected chi connectivity index (χ3v) is 7.52. The van der Waals surface area contributed by atoms with E-state index in [0.717, 1.165) is 70.6 Å². The normalized spacial score (nSPS) is 13.2. The van der Waals surface area contributed by atoms with Gasteiger partial charge in [-0.05, 0) is 83.5 Å². The number of hydrogen-bond donors (Lipinski definition) is 1. The molecule has 0 bridgehead atoms. The lowest BCUT2D eigenvalue weighted by Crippen LogP contribution is -2.27. The zero-order valence-corrected chi connectivity index (χ0v) is 29.4. The molecular weight excluding hydrogens is 556 g/mol. The molecule has 4 heteroatoms. The molecule has 0 aliphatic heterocycles. The minimum atomic E-state index is -0.563. The van der Waals surface area contributed by atoms with E-state index in [-0.39, 0.29) is 19.2 Å². The molecule has 0 spiro atoms. The van der Waals surface area contributed by atoms with Crippen molar-refractivity contribution < 1.29 is 19.4 Å². The van der Waals surface area contributed by atoms with Crippen LogP contribution in [0.2, 0.25) is 0 Å². The van der Waals surface area contributed by atoms with E-state index in [1.807, 2.05) is 0 Å². The minimum Gasteiger partial charge on any atom is -0.457 e. The van der Waals surface area contributed by atoms with Crippen molar-refractivity contribution in [3.63, 3.8) is 0 Å². The summed E-state index contributed by atoms with van der Waals surface area (Å²) in [5.74, 6) is -0.228. The molecule has 0 aliphatic carbocycles. The summed E-state index contributed by atoms with van der Waals surface area (Å²) in [6, 6.07) is 0. The molecular formula is C41H70O4. The van der Waals surface area contributed by atoms with Crippen molar-refractivity contribution in [1.82, 2.24) is 0 Å². The van der Waals surface area contributed by atoms with Gasteiger partial charge < -0.3 is 14.6 Å². The second kappa shape index (κ2) is 38.0. The van der Waals surface area contributed by atoms with Gasteiger partial charge in [-0.15, -0.1) is 0 Å². The van der Waals surface area contributed by atoms with Crippen LogP contribution in [0.15, 0.2) is 72.9 Å². The highest BCUT2D eigenvalue weighted by Crippen LogP contribution is 2.11. The monoisotopic (exact) mass is 627 g/mol. The Hall–Kier alpha value is -2.17. The first-order chi connectivity index (χ1) is 22.2. The van der Waals surface area contributed by atoms with E-state index in [0.29, 0.717) is 13.0 Å². The summed E-state index contributed by atoms with van der Waals surface area (Å²) in [6.45, 7) is 5.10. The Balaban J connectivity index is 3.58. The number of rotatable bonds is 33. The summed E-state index contributed by atoms with van der Waals surface area (Å²) in [4.78, 5) is 12.1. The predicted octanol–water partition coefficient (Wildman–Crippen LogP) is 11.9. The van der Waals surface area contributed by atoms with Crippen molar-refractivity contribution in [2.45, 2.75) is 161 Å². The third kappa shape index (κ3) is 36.2. The van der Waals surface area contributed by atoms with Gasteiger partial charge in [0.2, 0.25) is 0 Å². The van der Waals surface area contributed by atoms with Crippen LogP contribution < -0.4 is 0 Å². The van der Waals surface area contributed by atoms with Crippen LogP contribution in [0.4, 0.5) is 0 Å². The van der Waals surface area contributed by atoms with Gasteiger partial charge >= 0.3 is 5.97 Å². The summed E-state index contributed by atoms with van der Waals surface area (Å²) in [6.07, 6.45) is 50.9. The van der Waals surface area contributed by atoms with Gasteiger partial charge in [0, 0.05) is 13.0 Å². The summed E-state index contributed by atoms with van der Waals surface area (Å²) < 4.78 is 11.1. The first-order valence-corrected chi connectivity index (χ1v) is 18.5. The maximum atomic E-state index is 12.1. The Bertz CT molecular complexity index is 789. The Morgan fingerprint density at radius 1 is 0.556 bits per heavy atom. The van der Waals surface area contributed by atoms with Crippen LogP contribution in [-0.4, -0.2) is 37.0 Å². The van der Waals surface area contributed by atoms with E-state index in [9.17, 15) is 9.90 Å². The zero-order chi connectivity index (χ0) is 32.7. The first kappa shape index (κ1) is 42.8. The highest BCUT2D eigenvalue weighted by Gasteiger charge is 2.13. The van der Waals surface area contributed by atoms with Crippen molar-refractivity contribution in [2.75, 3.05) is 19.8 Å². The average Bonchev–Trinajstić information content (AvgIpc) is 3.05. The van der Waals surface area contributed by atoms with Gasteiger partial charge in [0.1, 0.15) is 6.10 Å². The van der Waals surface area contributed by atoms with Crippen LogP contribution in [0, 0.1) is 0 Å². The molecule has 258 valence electrons. The third-order valence-electron chi connectivity index (χ3n) is 7.52. The fourth-order valence-electron chi connectivity index (χ4n) is 4.76. The maximum Gasteiger partial charge on any atom is 0.306 e. The summed E-state index contributed by atoms with van der Waals surface area (Å²) >= 11 is 0. The Kier molecular flexibility index (Phi) is 36.2. The molecule has 0 amide bonds. The number of allylic oxidation sites excluding steroid dienone is 12. The molecule has 0 rings (SSSR count). The fourth-order valence-corrected chi connectivity index (χ4v) is 4.76. The molecule has 1 atom stereocenters. The molecule has 0 saturated heterocycles. The second-order valence-corrected chi connectivity index (χ2v) is 11.9. The molecule has 0 heterocycles. The zero-order valence-electron chi connectivity index (χ0n) is 29.4. The molecule has 0 aromatic carbocycles. The van der Waals surface area contributed by atoms with E-state index in [4.69, 9.17) is 9.47 Å². The van der Waals surface area contributed by atoms with E-state index in [2.05, 4.69) is 86.8 Å². The lowest BCUT2D eigenvalue weighted by molar-refractivity contribution is -0.154. The average molecular weight is 627 g/mol. The van der Waals surface area contributed by atoms with Crippen LogP contribution in [0.3, 0.4) is 0 Å². The number of esters is 1. The van der Waals surface area contributed by atoms with Crippen LogP contribution in [0.1, 0.15) is 155 Å². The largest absolute Gasteiger partial charge is 0.457 e. The van der Waals surface area contributed by atoms with Crippen molar-refractivity contribution in [1.29, 1.82) is 0 Å². The molecule has 0 fully saturated rings. The number of aliphatic hydroxyl groups excluding tert-OH is 1. The Morgan fingerprint density at radius 2 is 1.00 bits per heavy atom. The van der Waals surface area contributed by atoms with Crippen molar-refractivity contribution in [3.8, 4) is 0 Å². The smallest absolute Gasteiger partial charge is 0.306 e. The van der Waals surface area contributed by atoms with Gasteiger partial charge in [-0.25, -0.2) is 0 Å². The van der Waals surface area contributed by atoms with Gasteiger partial charge in [-0.1, -0.05) is 138 Å². The molecule has 45 heavy (non-hydrogen) atoms. The number of carbonyl (C=O) groups excluding carboxylic acids is 1. The number of unbranched alkanes of at least 4 members (excludes halogenated alkanes) is 13.